The normalized spacial score (nSPS) is 10.2. The Hall–Kier alpha value is -1.78. The second-order valence-electron chi connectivity index (χ2n) is 4.39. The van der Waals surface area contributed by atoms with Crippen LogP contribution in [0.1, 0.15) is 10.4 Å². The van der Waals surface area contributed by atoms with E-state index in [1.54, 1.807) is 18.2 Å². The van der Waals surface area contributed by atoms with Crippen LogP contribution in [0.25, 0.3) is 0 Å². The Labute approximate surface area is 127 Å². The van der Waals surface area contributed by atoms with Gasteiger partial charge >= 0.3 is 0 Å². The zero-order valence-corrected chi connectivity index (χ0v) is 12.5. The first kappa shape index (κ1) is 14.6. The lowest BCUT2D eigenvalue weighted by molar-refractivity contribution is 0.102. The van der Waals surface area contributed by atoms with Gasteiger partial charge in [-0.15, -0.1) is 0 Å². The molecule has 0 spiro atoms. The van der Waals surface area contributed by atoms with Crippen LogP contribution in [0.4, 0.5) is 11.4 Å². The summed E-state index contributed by atoms with van der Waals surface area (Å²) >= 11 is 11.7. The van der Waals surface area contributed by atoms with E-state index >= 15 is 0 Å². The van der Waals surface area contributed by atoms with Crippen LogP contribution in [0.3, 0.4) is 0 Å². The summed E-state index contributed by atoms with van der Waals surface area (Å²) < 4.78 is 0. The first-order chi connectivity index (χ1) is 9.47. The highest BCUT2D eigenvalue weighted by Crippen LogP contribution is 2.23. The monoisotopic (exact) mass is 309 g/mol. The number of carbonyl (C=O) groups is 1. The standard InChI is InChI=1S/C14H13Cl2N3O/c1-19(2)11-5-3-9(4-6-11)14(20)18-12-7-10(15)8-17-13(12)16/h3-8H,1-2H3,(H,18,20). The van der Waals surface area contributed by atoms with Crippen molar-refractivity contribution in [2.24, 2.45) is 0 Å². The van der Waals surface area contributed by atoms with Crippen molar-refractivity contribution in [1.82, 2.24) is 4.98 Å². The molecule has 0 aliphatic rings. The van der Waals surface area contributed by atoms with E-state index in [1.807, 2.05) is 31.1 Å². The van der Waals surface area contributed by atoms with E-state index in [0.29, 0.717) is 16.3 Å². The van der Waals surface area contributed by atoms with Gasteiger partial charge in [-0.05, 0) is 30.3 Å². The predicted octanol–water partition coefficient (Wildman–Crippen LogP) is 3.71. The van der Waals surface area contributed by atoms with E-state index < -0.39 is 0 Å². The minimum atomic E-state index is -0.263. The molecule has 0 saturated carbocycles. The van der Waals surface area contributed by atoms with Gasteiger partial charge in [0.05, 0.1) is 10.7 Å². The third-order valence-electron chi connectivity index (χ3n) is 2.70. The average molecular weight is 310 g/mol. The molecule has 0 unspecified atom stereocenters. The van der Waals surface area contributed by atoms with Gasteiger partial charge in [-0.1, -0.05) is 23.2 Å². The van der Waals surface area contributed by atoms with E-state index in [0.717, 1.165) is 5.69 Å². The van der Waals surface area contributed by atoms with Gasteiger partial charge in [-0.25, -0.2) is 4.98 Å². The molecule has 0 bridgehead atoms. The lowest BCUT2D eigenvalue weighted by Gasteiger charge is -2.12. The fourth-order valence-electron chi connectivity index (χ4n) is 1.62. The zero-order chi connectivity index (χ0) is 14.7. The third kappa shape index (κ3) is 3.40. The highest BCUT2D eigenvalue weighted by molar-refractivity contribution is 6.34. The maximum Gasteiger partial charge on any atom is 0.255 e. The highest BCUT2D eigenvalue weighted by Gasteiger charge is 2.10. The van der Waals surface area contributed by atoms with Gasteiger partial charge in [-0.2, -0.15) is 0 Å². The molecule has 0 aliphatic heterocycles. The lowest BCUT2D eigenvalue weighted by atomic mass is 10.2. The van der Waals surface area contributed by atoms with E-state index in [-0.39, 0.29) is 11.1 Å². The second kappa shape index (κ2) is 6.11. The molecule has 4 nitrogen and oxygen atoms in total. The molecule has 1 aromatic heterocycles. The summed E-state index contributed by atoms with van der Waals surface area (Å²) in [6, 6.07) is 8.79. The van der Waals surface area contributed by atoms with Crippen molar-refractivity contribution in [3.63, 3.8) is 0 Å². The van der Waals surface area contributed by atoms with Gasteiger partial charge < -0.3 is 10.2 Å². The first-order valence-corrected chi connectivity index (χ1v) is 6.63. The molecule has 1 heterocycles. The van der Waals surface area contributed by atoms with Gasteiger partial charge in [-0.3, -0.25) is 4.79 Å². The average Bonchev–Trinajstić information content (AvgIpc) is 2.43. The molecule has 104 valence electrons. The molecule has 0 radical (unpaired) electrons. The molecule has 0 saturated heterocycles. The molecule has 1 aromatic carbocycles. The maximum atomic E-state index is 12.1. The van der Waals surface area contributed by atoms with Crippen LogP contribution in [0, 0.1) is 0 Å². The summed E-state index contributed by atoms with van der Waals surface area (Å²) in [5.74, 6) is -0.263. The summed E-state index contributed by atoms with van der Waals surface area (Å²) in [7, 11) is 3.87. The van der Waals surface area contributed by atoms with Gasteiger partial charge in [0.15, 0.2) is 5.15 Å². The van der Waals surface area contributed by atoms with E-state index in [1.165, 1.54) is 6.20 Å². The molecule has 1 N–H and O–H groups in total. The number of anilines is 2. The topological polar surface area (TPSA) is 45.2 Å². The molecular weight excluding hydrogens is 297 g/mol. The number of rotatable bonds is 3. The van der Waals surface area contributed by atoms with Crippen LogP contribution < -0.4 is 10.2 Å². The van der Waals surface area contributed by atoms with E-state index in [9.17, 15) is 4.79 Å². The van der Waals surface area contributed by atoms with Crippen molar-refractivity contribution in [1.29, 1.82) is 0 Å². The van der Waals surface area contributed by atoms with Crippen molar-refractivity contribution in [2.75, 3.05) is 24.3 Å². The Morgan fingerprint density at radius 1 is 1.20 bits per heavy atom. The molecule has 0 atom stereocenters. The van der Waals surface area contributed by atoms with Crippen molar-refractivity contribution >= 4 is 40.5 Å². The molecule has 20 heavy (non-hydrogen) atoms. The van der Waals surface area contributed by atoms with Crippen molar-refractivity contribution < 1.29 is 4.79 Å². The summed E-state index contributed by atoms with van der Waals surface area (Å²) in [5, 5.41) is 3.30. The van der Waals surface area contributed by atoms with Gasteiger partial charge in [0.2, 0.25) is 0 Å². The SMILES string of the molecule is CN(C)c1ccc(C(=O)Nc2cc(Cl)cnc2Cl)cc1. The molecular formula is C14H13Cl2N3O. The molecule has 2 aromatic rings. The summed E-state index contributed by atoms with van der Waals surface area (Å²) in [5.41, 5.74) is 1.94. The summed E-state index contributed by atoms with van der Waals surface area (Å²) in [4.78, 5) is 17.9. The van der Waals surface area contributed by atoms with Crippen LogP contribution in [0.5, 0.6) is 0 Å². The summed E-state index contributed by atoms with van der Waals surface area (Å²) in [6.45, 7) is 0. The van der Waals surface area contributed by atoms with Crippen LogP contribution in [-0.2, 0) is 0 Å². The van der Waals surface area contributed by atoms with Gasteiger partial charge in [0, 0.05) is 31.5 Å². The summed E-state index contributed by atoms with van der Waals surface area (Å²) in [6.07, 6.45) is 1.42. The smallest absolute Gasteiger partial charge is 0.255 e. The number of hydrogen-bond donors (Lipinski definition) is 1. The first-order valence-electron chi connectivity index (χ1n) is 5.87. The zero-order valence-electron chi connectivity index (χ0n) is 11.0. The molecule has 1 amide bonds. The fraction of sp³-hybridized carbons (Fsp3) is 0.143. The number of nitrogens with one attached hydrogen (secondary N) is 1. The lowest BCUT2D eigenvalue weighted by Crippen LogP contribution is -2.13. The largest absolute Gasteiger partial charge is 0.378 e. The Kier molecular flexibility index (Phi) is 4.47. The fourth-order valence-corrected chi connectivity index (χ4v) is 1.92. The van der Waals surface area contributed by atoms with Crippen molar-refractivity contribution in [2.45, 2.75) is 0 Å². The number of pyridine rings is 1. The van der Waals surface area contributed by atoms with Crippen LogP contribution in [-0.4, -0.2) is 25.0 Å². The minimum Gasteiger partial charge on any atom is -0.378 e. The maximum absolute atomic E-state index is 12.1. The van der Waals surface area contributed by atoms with Crippen LogP contribution >= 0.6 is 23.2 Å². The number of nitrogens with zero attached hydrogens (tertiary/aromatic N) is 2. The molecule has 0 aliphatic carbocycles. The Morgan fingerprint density at radius 3 is 2.45 bits per heavy atom. The van der Waals surface area contributed by atoms with Crippen LogP contribution in [0.2, 0.25) is 10.2 Å². The second-order valence-corrected chi connectivity index (χ2v) is 5.18. The number of aromatic nitrogens is 1. The number of halogens is 2. The quantitative estimate of drug-likeness (QED) is 0.879. The van der Waals surface area contributed by atoms with E-state index in [2.05, 4.69) is 10.3 Å². The van der Waals surface area contributed by atoms with Gasteiger partial charge in [0.1, 0.15) is 0 Å². The Morgan fingerprint density at radius 2 is 1.85 bits per heavy atom. The van der Waals surface area contributed by atoms with E-state index in [4.69, 9.17) is 23.2 Å². The molecule has 0 fully saturated rings. The number of hydrogen-bond acceptors (Lipinski definition) is 3. The number of carbonyl (C=O) groups excluding carboxylic acids is 1. The Balaban J connectivity index is 2.17. The van der Waals surface area contributed by atoms with Crippen molar-refractivity contribution in [3.8, 4) is 0 Å². The van der Waals surface area contributed by atoms with Crippen LogP contribution in [0.15, 0.2) is 36.5 Å². The molecule has 2 rings (SSSR count). The van der Waals surface area contributed by atoms with Gasteiger partial charge in [0.25, 0.3) is 5.91 Å². The minimum absolute atomic E-state index is 0.202. The number of amides is 1. The molecule has 6 heteroatoms. The van der Waals surface area contributed by atoms with Crippen molar-refractivity contribution in [3.05, 3.63) is 52.3 Å². The third-order valence-corrected chi connectivity index (χ3v) is 3.21. The predicted molar refractivity (Wildman–Crippen MR) is 83.0 cm³/mol. The Bertz CT molecular complexity index is 627. The number of benzene rings is 1. The highest BCUT2D eigenvalue weighted by atomic mass is 35.5.